The lowest BCUT2D eigenvalue weighted by atomic mass is 10.4. The van der Waals surface area contributed by atoms with Gasteiger partial charge in [-0.2, -0.15) is 0 Å². The lowest BCUT2D eigenvalue weighted by molar-refractivity contribution is -0.117. The average Bonchev–Trinajstić information content (AvgIpc) is 2.13. The summed E-state index contributed by atoms with van der Waals surface area (Å²) in [5.74, 6) is -0.411. The van der Waals surface area contributed by atoms with E-state index in [4.69, 9.17) is 5.73 Å². The number of rotatable bonds is 2. The van der Waals surface area contributed by atoms with Crippen LogP contribution in [0.5, 0.6) is 0 Å². The van der Waals surface area contributed by atoms with Crippen molar-refractivity contribution in [3.8, 4) is 0 Å². The Bertz CT molecular complexity index is 246. The monoisotopic (exact) mass is 174 g/mol. The van der Waals surface area contributed by atoms with Gasteiger partial charge in [0.1, 0.15) is 5.01 Å². The second-order valence-corrected chi connectivity index (χ2v) is 3.31. The standard InChI is InChI=1S/C4H4N3OS2/c5-2(8)1-3-6-7-4(9)10-3/h1H2,(H2,5,8). The van der Waals surface area contributed by atoms with E-state index in [2.05, 4.69) is 22.8 Å². The maximum Gasteiger partial charge on any atom is 0.224 e. The smallest absolute Gasteiger partial charge is 0.224 e. The van der Waals surface area contributed by atoms with Gasteiger partial charge in [0.25, 0.3) is 0 Å². The van der Waals surface area contributed by atoms with Crippen molar-refractivity contribution >= 4 is 29.9 Å². The Hall–Kier alpha value is -0.750. The number of amides is 1. The first kappa shape index (κ1) is 7.36. The van der Waals surface area contributed by atoms with Crippen molar-refractivity contribution < 1.29 is 4.79 Å². The number of nitrogens with two attached hydrogens (primary N) is 1. The average molecular weight is 174 g/mol. The summed E-state index contributed by atoms with van der Waals surface area (Å²) in [6.07, 6.45) is 0.133. The van der Waals surface area contributed by atoms with E-state index in [1.54, 1.807) is 0 Å². The highest BCUT2D eigenvalue weighted by Crippen LogP contribution is 2.12. The summed E-state index contributed by atoms with van der Waals surface area (Å²) in [6.45, 7) is 0. The topological polar surface area (TPSA) is 68.9 Å². The largest absolute Gasteiger partial charge is 0.369 e. The normalized spacial score (nSPS) is 9.60. The minimum atomic E-state index is -0.411. The molecular weight excluding hydrogens is 170 g/mol. The van der Waals surface area contributed by atoms with E-state index in [1.165, 1.54) is 11.3 Å². The lowest BCUT2D eigenvalue weighted by Crippen LogP contribution is -2.13. The molecule has 10 heavy (non-hydrogen) atoms. The van der Waals surface area contributed by atoms with Crippen LogP contribution >= 0.6 is 24.0 Å². The molecule has 2 N–H and O–H groups in total. The van der Waals surface area contributed by atoms with Crippen molar-refractivity contribution in [3.63, 3.8) is 0 Å². The van der Waals surface area contributed by atoms with Gasteiger partial charge < -0.3 is 5.73 Å². The van der Waals surface area contributed by atoms with Gasteiger partial charge in [-0.1, -0.05) is 11.3 Å². The van der Waals surface area contributed by atoms with Crippen LogP contribution in [-0.2, 0) is 11.2 Å². The molecule has 0 atom stereocenters. The van der Waals surface area contributed by atoms with E-state index in [0.29, 0.717) is 9.35 Å². The molecule has 1 amide bonds. The predicted octanol–water partition coefficient (Wildman–Crippen LogP) is 0.122. The summed E-state index contributed by atoms with van der Waals surface area (Å²) in [5.41, 5.74) is 4.90. The van der Waals surface area contributed by atoms with Gasteiger partial charge in [-0.05, 0) is 12.6 Å². The molecule has 1 heterocycles. The third-order valence-electron chi connectivity index (χ3n) is 0.774. The van der Waals surface area contributed by atoms with Crippen LogP contribution in [0.3, 0.4) is 0 Å². The molecule has 1 rings (SSSR count). The highest BCUT2D eigenvalue weighted by molar-refractivity contribution is 7.82. The van der Waals surface area contributed by atoms with Gasteiger partial charge in [-0.15, -0.1) is 10.2 Å². The van der Waals surface area contributed by atoms with Gasteiger partial charge >= 0.3 is 0 Å². The molecule has 6 heteroatoms. The third kappa shape index (κ3) is 1.89. The van der Waals surface area contributed by atoms with E-state index in [9.17, 15) is 4.79 Å². The zero-order valence-electron chi connectivity index (χ0n) is 4.90. The van der Waals surface area contributed by atoms with Crippen molar-refractivity contribution in [2.45, 2.75) is 10.8 Å². The fourth-order valence-corrected chi connectivity index (χ4v) is 1.37. The second-order valence-electron chi connectivity index (χ2n) is 1.60. The summed E-state index contributed by atoms with van der Waals surface area (Å²) < 4.78 is 0.441. The van der Waals surface area contributed by atoms with E-state index in [1.807, 2.05) is 0 Å². The summed E-state index contributed by atoms with van der Waals surface area (Å²) >= 11 is 5.89. The molecule has 0 aromatic carbocycles. The number of hydrogen-bond acceptors (Lipinski definition) is 4. The third-order valence-corrected chi connectivity index (χ3v) is 1.82. The predicted molar refractivity (Wildman–Crippen MR) is 38.7 cm³/mol. The quantitative estimate of drug-likeness (QED) is 0.692. The van der Waals surface area contributed by atoms with Crippen molar-refractivity contribution in [2.24, 2.45) is 5.73 Å². The van der Waals surface area contributed by atoms with Crippen molar-refractivity contribution in [3.05, 3.63) is 5.01 Å². The van der Waals surface area contributed by atoms with Crippen LogP contribution in [0, 0.1) is 0 Å². The molecule has 53 valence electrons. The molecule has 0 saturated carbocycles. The van der Waals surface area contributed by atoms with Gasteiger partial charge in [0.15, 0.2) is 0 Å². The molecule has 0 fully saturated rings. The SMILES string of the molecule is NC(=O)Cc1nnc([S])s1. The van der Waals surface area contributed by atoms with Crippen LogP contribution in [0.1, 0.15) is 5.01 Å². The first-order valence-corrected chi connectivity index (χ1v) is 3.68. The van der Waals surface area contributed by atoms with Crippen LogP contribution in [0.2, 0.25) is 0 Å². The summed E-state index contributed by atoms with van der Waals surface area (Å²) in [4.78, 5) is 10.3. The Kier molecular flexibility index (Phi) is 2.13. The van der Waals surface area contributed by atoms with E-state index in [-0.39, 0.29) is 6.42 Å². The minimum absolute atomic E-state index is 0.133. The van der Waals surface area contributed by atoms with Gasteiger partial charge in [0, 0.05) is 0 Å². The number of primary amides is 1. The van der Waals surface area contributed by atoms with Gasteiger partial charge in [-0.25, -0.2) is 0 Å². The van der Waals surface area contributed by atoms with E-state index in [0.717, 1.165) is 0 Å². The maximum absolute atomic E-state index is 10.3. The zero-order chi connectivity index (χ0) is 7.56. The zero-order valence-corrected chi connectivity index (χ0v) is 6.54. The highest BCUT2D eigenvalue weighted by Gasteiger charge is 2.03. The Balaban J connectivity index is 2.67. The minimum Gasteiger partial charge on any atom is -0.369 e. The number of carbonyl (C=O) groups excluding carboxylic acids is 1. The molecule has 1 aromatic heterocycles. The molecule has 0 aliphatic carbocycles. The first-order chi connectivity index (χ1) is 4.68. The van der Waals surface area contributed by atoms with Crippen LogP contribution in [0.15, 0.2) is 4.34 Å². The summed E-state index contributed by atoms with van der Waals surface area (Å²) in [6, 6.07) is 0. The molecular formula is C4H4N3OS2. The number of aromatic nitrogens is 2. The first-order valence-electron chi connectivity index (χ1n) is 2.46. The number of hydrogen-bond donors (Lipinski definition) is 1. The Labute approximate surface area is 66.9 Å². The molecule has 4 nitrogen and oxygen atoms in total. The number of carbonyl (C=O) groups is 1. The van der Waals surface area contributed by atoms with Crippen LogP contribution < -0.4 is 5.73 Å². The van der Waals surface area contributed by atoms with Crippen molar-refractivity contribution in [1.82, 2.24) is 10.2 Å². The molecule has 0 saturated heterocycles. The molecule has 0 spiro atoms. The maximum atomic E-state index is 10.3. The van der Waals surface area contributed by atoms with E-state index < -0.39 is 5.91 Å². The van der Waals surface area contributed by atoms with Crippen LogP contribution in [0.4, 0.5) is 0 Å². The second kappa shape index (κ2) is 2.89. The van der Waals surface area contributed by atoms with Crippen LogP contribution in [-0.4, -0.2) is 16.1 Å². The fraction of sp³-hybridized carbons (Fsp3) is 0.250. The summed E-state index contributed by atoms with van der Waals surface area (Å²) in [7, 11) is 0. The Morgan fingerprint density at radius 1 is 1.70 bits per heavy atom. The Morgan fingerprint density at radius 2 is 2.40 bits per heavy atom. The van der Waals surface area contributed by atoms with Crippen molar-refractivity contribution in [2.75, 3.05) is 0 Å². The molecule has 0 bridgehead atoms. The molecule has 0 aliphatic rings. The van der Waals surface area contributed by atoms with Gasteiger partial charge in [0.05, 0.1) is 6.42 Å². The highest BCUT2D eigenvalue weighted by atomic mass is 32.2. The van der Waals surface area contributed by atoms with Crippen LogP contribution in [0.25, 0.3) is 0 Å². The fourth-order valence-electron chi connectivity index (χ4n) is 0.459. The lowest BCUT2D eigenvalue weighted by Gasteiger charge is -1.83. The summed E-state index contributed by atoms with van der Waals surface area (Å²) in [5, 5.41) is 7.75. The molecule has 1 radical (unpaired) electrons. The molecule has 0 aliphatic heterocycles. The number of nitrogens with zero attached hydrogens (tertiary/aromatic N) is 2. The van der Waals surface area contributed by atoms with Gasteiger partial charge in [-0.3, -0.25) is 4.79 Å². The van der Waals surface area contributed by atoms with Gasteiger partial charge in [0.2, 0.25) is 10.2 Å². The Morgan fingerprint density at radius 3 is 2.80 bits per heavy atom. The van der Waals surface area contributed by atoms with Crippen molar-refractivity contribution in [1.29, 1.82) is 0 Å². The van der Waals surface area contributed by atoms with E-state index >= 15 is 0 Å². The molecule has 0 unspecified atom stereocenters. The molecule has 1 aromatic rings.